The van der Waals surface area contributed by atoms with Crippen molar-refractivity contribution in [3.05, 3.63) is 59.7 Å². The van der Waals surface area contributed by atoms with Crippen LogP contribution >= 0.6 is 0 Å². The molecule has 1 unspecified atom stereocenters. The molecule has 3 rings (SSSR count). The number of amides is 2. The van der Waals surface area contributed by atoms with E-state index >= 15 is 0 Å². The summed E-state index contributed by atoms with van der Waals surface area (Å²) in [5, 5.41) is 2.62. The molecule has 0 radical (unpaired) electrons. The third kappa shape index (κ3) is 4.34. The predicted octanol–water partition coefficient (Wildman–Crippen LogP) is 3.17. The van der Waals surface area contributed by atoms with E-state index in [9.17, 15) is 14.4 Å². The lowest BCUT2D eigenvalue weighted by Crippen LogP contribution is -2.42. The number of para-hydroxylation sites is 1. The van der Waals surface area contributed by atoms with Crippen molar-refractivity contribution in [1.29, 1.82) is 0 Å². The number of anilines is 2. The van der Waals surface area contributed by atoms with Gasteiger partial charge in [0.25, 0.3) is 5.91 Å². The van der Waals surface area contributed by atoms with Crippen LogP contribution in [0.25, 0.3) is 0 Å². The van der Waals surface area contributed by atoms with Crippen LogP contribution in [0.5, 0.6) is 0 Å². The van der Waals surface area contributed by atoms with Gasteiger partial charge in [0, 0.05) is 24.8 Å². The van der Waals surface area contributed by atoms with Crippen molar-refractivity contribution in [2.24, 2.45) is 0 Å². The summed E-state index contributed by atoms with van der Waals surface area (Å²) in [5.74, 6) is -1.07. The first-order valence-electron chi connectivity index (χ1n) is 8.93. The average Bonchev–Trinajstić information content (AvgIpc) is 2.66. The number of carbonyl (C=O) groups is 3. The Hall–Kier alpha value is -3.15. The number of nitrogens with one attached hydrogen (secondary N) is 1. The van der Waals surface area contributed by atoms with Gasteiger partial charge in [-0.05, 0) is 49.6 Å². The summed E-state index contributed by atoms with van der Waals surface area (Å²) in [7, 11) is 0. The standard InChI is InChI=1S/C21H22N2O4/c1-14(20(25)23-12-6-9-16-7-3-4-11-19(16)23)27-21(26)17-8-5-10-18(13-17)22-15(2)24/h3-5,7-8,10-11,13-14H,6,9,12H2,1-2H3,(H,22,24). The first-order chi connectivity index (χ1) is 13.0. The third-order valence-corrected chi connectivity index (χ3v) is 4.43. The number of benzene rings is 2. The van der Waals surface area contributed by atoms with E-state index in [1.54, 1.807) is 30.0 Å². The molecule has 27 heavy (non-hydrogen) atoms. The minimum absolute atomic E-state index is 0.229. The van der Waals surface area contributed by atoms with Crippen LogP contribution < -0.4 is 10.2 Å². The maximum atomic E-state index is 12.8. The van der Waals surface area contributed by atoms with Gasteiger partial charge in [0.05, 0.1) is 5.56 Å². The Balaban J connectivity index is 1.70. The molecule has 6 nitrogen and oxygen atoms in total. The fourth-order valence-electron chi connectivity index (χ4n) is 3.19. The van der Waals surface area contributed by atoms with Gasteiger partial charge in [-0.1, -0.05) is 24.3 Å². The fourth-order valence-corrected chi connectivity index (χ4v) is 3.19. The molecule has 2 aromatic carbocycles. The summed E-state index contributed by atoms with van der Waals surface area (Å²) in [6.45, 7) is 3.58. The Morgan fingerprint density at radius 3 is 2.67 bits per heavy atom. The zero-order valence-electron chi connectivity index (χ0n) is 15.4. The molecule has 1 N–H and O–H groups in total. The summed E-state index contributed by atoms with van der Waals surface area (Å²) >= 11 is 0. The Bertz CT molecular complexity index is 878. The highest BCUT2D eigenvalue weighted by molar-refractivity contribution is 6.00. The van der Waals surface area contributed by atoms with Gasteiger partial charge >= 0.3 is 5.97 Å². The highest BCUT2D eigenvalue weighted by Gasteiger charge is 2.28. The van der Waals surface area contributed by atoms with E-state index in [2.05, 4.69) is 5.32 Å². The summed E-state index contributed by atoms with van der Waals surface area (Å²) in [4.78, 5) is 38.1. The number of aryl methyl sites for hydroxylation is 1. The minimum atomic E-state index is -0.909. The zero-order chi connectivity index (χ0) is 19.4. The van der Waals surface area contributed by atoms with E-state index in [-0.39, 0.29) is 17.4 Å². The molecule has 0 bridgehead atoms. The Kier molecular flexibility index (Phi) is 5.54. The number of nitrogens with zero attached hydrogens (tertiary/aromatic N) is 1. The van der Waals surface area contributed by atoms with Crippen LogP contribution in [0, 0.1) is 0 Å². The summed E-state index contributed by atoms with van der Waals surface area (Å²) in [5.41, 5.74) is 2.78. The van der Waals surface area contributed by atoms with Crippen LogP contribution in [0.15, 0.2) is 48.5 Å². The second-order valence-corrected chi connectivity index (χ2v) is 6.53. The average molecular weight is 366 g/mol. The Morgan fingerprint density at radius 2 is 1.89 bits per heavy atom. The number of hydrogen-bond acceptors (Lipinski definition) is 4. The summed E-state index contributed by atoms with van der Waals surface area (Å²) < 4.78 is 5.38. The van der Waals surface area contributed by atoms with E-state index in [1.807, 2.05) is 24.3 Å². The van der Waals surface area contributed by atoms with Crippen molar-refractivity contribution in [2.45, 2.75) is 32.8 Å². The second kappa shape index (κ2) is 8.03. The quantitative estimate of drug-likeness (QED) is 0.844. The lowest BCUT2D eigenvalue weighted by Gasteiger charge is -2.31. The number of rotatable bonds is 4. The maximum Gasteiger partial charge on any atom is 0.338 e. The normalized spacial score (nSPS) is 14.1. The first-order valence-corrected chi connectivity index (χ1v) is 8.93. The molecule has 0 aromatic heterocycles. The van der Waals surface area contributed by atoms with Crippen molar-refractivity contribution in [1.82, 2.24) is 0 Å². The number of fused-ring (bicyclic) bond motifs is 1. The van der Waals surface area contributed by atoms with Gasteiger partial charge in [0.1, 0.15) is 0 Å². The van der Waals surface area contributed by atoms with Gasteiger partial charge in [-0.15, -0.1) is 0 Å². The molecule has 0 saturated heterocycles. The Morgan fingerprint density at radius 1 is 1.11 bits per heavy atom. The van der Waals surface area contributed by atoms with Crippen LogP contribution in [0.3, 0.4) is 0 Å². The topological polar surface area (TPSA) is 75.7 Å². The monoisotopic (exact) mass is 366 g/mol. The summed E-state index contributed by atoms with van der Waals surface area (Å²) in [6.07, 6.45) is 0.903. The molecule has 0 aliphatic carbocycles. The maximum absolute atomic E-state index is 12.8. The SMILES string of the molecule is CC(=O)Nc1cccc(C(=O)OC(C)C(=O)N2CCCc3ccccc32)c1. The van der Waals surface area contributed by atoms with Gasteiger partial charge in [-0.25, -0.2) is 4.79 Å². The first kappa shape index (κ1) is 18.6. The summed E-state index contributed by atoms with van der Waals surface area (Å²) in [6, 6.07) is 14.2. The van der Waals surface area contributed by atoms with Gasteiger partial charge < -0.3 is 15.0 Å². The van der Waals surface area contributed by atoms with Crippen molar-refractivity contribution < 1.29 is 19.1 Å². The lowest BCUT2D eigenvalue weighted by atomic mass is 10.0. The van der Waals surface area contributed by atoms with E-state index in [0.717, 1.165) is 24.1 Å². The second-order valence-electron chi connectivity index (χ2n) is 6.53. The van der Waals surface area contributed by atoms with Crippen LogP contribution in [-0.2, 0) is 20.7 Å². The molecule has 0 saturated carbocycles. The molecule has 2 aromatic rings. The Labute approximate surface area is 158 Å². The number of hydrogen-bond donors (Lipinski definition) is 1. The fraction of sp³-hybridized carbons (Fsp3) is 0.286. The molecular weight excluding hydrogens is 344 g/mol. The molecule has 1 atom stereocenters. The van der Waals surface area contributed by atoms with Crippen molar-refractivity contribution in [3.8, 4) is 0 Å². The van der Waals surface area contributed by atoms with Crippen molar-refractivity contribution >= 4 is 29.2 Å². The molecule has 1 aliphatic rings. The minimum Gasteiger partial charge on any atom is -0.449 e. The lowest BCUT2D eigenvalue weighted by molar-refractivity contribution is -0.126. The van der Waals surface area contributed by atoms with Crippen LogP contribution in [-0.4, -0.2) is 30.4 Å². The highest BCUT2D eigenvalue weighted by atomic mass is 16.5. The van der Waals surface area contributed by atoms with Gasteiger partial charge in [0.2, 0.25) is 5.91 Å². The molecule has 6 heteroatoms. The van der Waals surface area contributed by atoms with E-state index in [1.165, 1.54) is 13.0 Å². The van der Waals surface area contributed by atoms with Gasteiger partial charge in [-0.3, -0.25) is 9.59 Å². The zero-order valence-corrected chi connectivity index (χ0v) is 15.4. The van der Waals surface area contributed by atoms with E-state index in [0.29, 0.717) is 12.2 Å². The molecule has 2 amide bonds. The largest absolute Gasteiger partial charge is 0.449 e. The smallest absolute Gasteiger partial charge is 0.338 e. The van der Waals surface area contributed by atoms with Crippen LogP contribution in [0.4, 0.5) is 11.4 Å². The number of ether oxygens (including phenoxy) is 1. The molecule has 140 valence electrons. The molecular formula is C21H22N2O4. The third-order valence-electron chi connectivity index (χ3n) is 4.43. The molecule has 1 aliphatic heterocycles. The molecule has 0 fully saturated rings. The van der Waals surface area contributed by atoms with E-state index in [4.69, 9.17) is 4.74 Å². The highest BCUT2D eigenvalue weighted by Crippen LogP contribution is 2.27. The van der Waals surface area contributed by atoms with Crippen molar-refractivity contribution in [2.75, 3.05) is 16.8 Å². The predicted molar refractivity (Wildman–Crippen MR) is 103 cm³/mol. The van der Waals surface area contributed by atoms with Crippen molar-refractivity contribution in [3.63, 3.8) is 0 Å². The van der Waals surface area contributed by atoms with Crippen LogP contribution in [0.1, 0.15) is 36.2 Å². The number of carbonyl (C=O) groups excluding carboxylic acids is 3. The van der Waals surface area contributed by atoms with Crippen LogP contribution in [0.2, 0.25) is 0 Å². The number of esters is 1. The molecule has 1 heterocycles. The van der Waals surface area contributed by atoms with Gasteiger partial charge in [-0.2, -0.15) is 0 Å². The van der Waals surface area contributed by atoms with E-state index < -0.39 is 12.1 Å². The molecule has 0 spiro atoms. The van der Waals surface area contributed by atoms with Gasteiger partial charge in [0.15, 0.2) is 6.10 Å².